The van der Waals surface area contributed by atoms with Crippen LogP contribution in [0.5, 0.6) is 0 Å². The van der Waals surface area contributed by atoms with Crippen LogP contribution in [-0.4, -0.2) is 50.1 Å². The van der Waals surface area contributed by atoms with Crippen molar-refractivity contribution < 1.29 is 9.53 Å². The Morgan fingerprint density at radius 2 is 2.50 bits per heavy atom. The molecule has 1 rings (SSSR count). The lowest BCUT2D eigenvalue weighted by Crippen LogP contribution is -2.47. The Kier molecular flexibility index (Phi) is 4.21. The summed E-state index contributed by atoms with van der Waals surface area (Å²) in [6.45, 7) is 3.71. The minimum Gasteiger partial charge on any atom is -0.378 e. The van der Waals surface area contributed by atoms with Gasteiger partial charge in [-0.15, -0.1) is 0 Å². The fourth-order valence-corrected chi connectivity index (χ4v) is 1.35. The molecule has 0 spiro atoms. The number of aldehydes is 1. The molecule has 0 radical (unpaired) electrons. The molecule has 12 heavy (non-hydrogen) atoms. The Balaban J connectivity index is 2.31. The Labute approximate surface area is 72.7 Å². The number of nitrogens with two attached hydrogens (primary N) is 1. The summed E-state index contributed by atoms with van der Waals surface area (Å²) in [7, 11) is 0. The van der Waals surface area contributed by atoms with Crippen LogP contribution < -0.4 is 5.73 Å². The van der Waals surface area contributed by atoms with E-state index in [1.165, 1.54) is 0 Å². The van der Waals surface area contributed by atoms with Crippen LogP contribution in [0.25, 0.3) is 0 Å². The molecule has 4 heteroatoms. The average molecular weight is 172 g/mol. The summed E-state index contributed by atoms with van der Waals surface area (Å²) in [4.78, 5) is 12.7. The molecular weight excluding hydrogens is 156 g/mol. The summed E-state index contributed by atoms with van der Waals surface area (Å²) in [5.41, 5.74) is 5.39. The molecule has 1 aliphatic heterocycles. The van der Waals surface area contributed by atoms with Crippen LogP contribution in [0.4, 0.5) is 0 Å². The molecule has 0 aromatic heterocycles. The molecule has 70 valence electrons. The van der Waals surface area contributed by atoms with Crippen LogP contribution in [0.2, 0.25) is 0 Å². The predicted molar refractivity (Wildman–Crippen MR) is 45.9 cm³/mol. The summed E-state index contributed by atoms with van der Waals surface area (Å²) in [5, 5.41) is 0. The number of hydrogen-bond donors (Lipinski definition) is 1. The van der Waals surface area contributed by atoms with Gasteiger partial charge in [0, 0.05) is 13.1 Å². The van der Waals surface area contributed by atoms with E-state index >= 15 is 0 Å². The van der Waals surface area contributed by atoms with Crippen molar-refractivity contribution in [3.05, 3.63) is 0 Å². The Morgan fingerprint density at radius 1 is 1.67 bits per heavy atom. The van der Waals surface area contributed by atoms with Gasteiger partial charge >= 0.3 is 0 Å². The lowest BCUT2D eigenvalue weighted by Gasteiger charge is -2.31. The molecule has 2 N–H and O–H groups in total. The number of carbonyl (C=O) groups excluding carboxylic acids is 1. The zero-order chi connectivity index (χ0) is 8.81. The predicted octanol–water partition coefficient (Wildman–Crippen LogP) is -0.765. The molecule has 0 saturated carbocycles. The summed E-state index contributed by atoms with van der Waals surface area (Å²) in [6, 6.07) is -0.0506. The lowest BCUT2D eigenvalue weighted by molar-refractivity contribution is -0.118. The van der Waals surface area contributed by atoms with E-state index in [-0.39, 0.29) is 6.04 Å². The van der Waals surface area contributed by atoms with Crippen molar-refractivity contribution in [2.45, 2.75) is 12.5 Å². The van der Waals surface area contributed by atoms with Gasteiger partial charge in [-0.2, -0.15) is 0 Å². The summed E-state index contributed by atoms with van der Waals surface area (Å²) in [6.07, 6.45) is 1.90. The quantitative estimate of drug-likeness (QED) is 0.566. The number of hydrogen-bond acceptors (Lipinski definition) is 4. The first-order valence-electron chi connectivity index (χ1n) is 4.35. The van der Waals surface area contributed by atoms with Gasteiger partial charge in [-0.1, -0.05) is 0 Å². The fourth-order valence-electron chi connectivity index (χ4n) is 1.35. The van der Waals surface area contributed by atoms with Crippen molar-refractivity contribution in [1.29, 1.82) is 0 Å². The van der Waals surface area contributed by atoms with Gasteiger partial charge in [0.1, 0.15) is 6.29 Å². The maximum absolute atomic E-state index is 10.6. The second kappa shape index (κ2) is 5.24. The van der Waals surface area contributed by atoms with Gasteiger partial charge in [-0.05, 0) is 13.0 Å². The second-order valence-corrected chi connectivity index (χ2v) is 2.96. The molecule has 1 fully saturated rings. The zero-order valence-corrected chi connectivity index (χ0v) is 7.24. The zero-order valence-electron chi connectivity index (χ0n) is 7.24. The largest absolute Gasteiger partial charge is 0.378 e. The highest BCUT2D eigenvalue weighted by molar-refractivity contribution is 5.57. The number of carbonyl (C=O) groups is 1. The minimum atomic E-state index is -0.0506. The average Bonchev–Trinajstić information content (AvgIpc) is 2.15. The number of ether oxygens (including phenoxy) is 1. The molecule has 0 aliphatic carbocycles. The smallest absolute Gasteiger partial charge is 0.139 e. The van der Waals surface area contributed by atoms with Gasteiger partial charge in [0.15, 0.2) is 0 Å². The third-order valence-electron chi connectivity index (χ3n) is 2.09. The van der Waals surface area contributed by atoms with E-state index in [0.29, 0.717) is 13.2 Å². The standard InChI is InChI=1S/C8H16N2O2/c9-2-1-3-10-4-5-12-7-8(10)6-11/h6,8H,1-5,7,9H2. The van der Waals surface area contributed by atoms with E-state index in [2.05, 4.69) is 4.90 Å². The fraction of sp³-hybridized carbons (Fsp3) is 0.875. The van der Waals surface area contributed by atoms with Crippen LogP contribution in [0, 0.1) is 0 Å². The second-order valence-electron chi connectivity index (χ2n) is 2.96. The highest BCUT2D eigenvalue weighted by Gasteiger charge is 2.21. The number of rotatable bonds is 4. The SMILES string of the molecule is NCCCN1CCOCC1C=O. The van der Waals surface area contributed by atoms with E-state index < -0.39 is 0 Å². The third-order valence-corrected chi connectivity index (χ3v) is 2.09. The maximum Gasteiger partial charge on any atom is 0.139 e. The topological polar surface area (TPSA) is 55.6 Å². The van der Waals surface area contributed by atoms with Gasteiger partial charge < -0.3 is 15.3 Å². The maximum atomic E-state index is 10.6. The molecule has 1 aliphatic rings. The molecule has 1 saturated heterocycles. The van der Waals surface area contributed by atoms with Crippen LogP contribution in [-0.2, 0) is 9.53 Å². The van der Waals surface area contributed by atoms with Gasteiger partial charge in [0.05, 0.1) is 19.3 Å². The highest BCUT2D eigenvalue weighted by atomic mass is 16.5. The van der Waals surface area contributed by atoms with Crippen molar-refractivity contribution in [1.82, 2.24) is 4.90 Å². The van der Waals surface area contributed by atoms with Crippen LogP contribution >= 0.6 is 0 Å². The molecule has 1 atom stereocenters. The Hall–Kier alpha value is -0.450. The first-order chi connectivity index (χ1) is 5.88. The molecular formula is C8H16N2O2. The minimum absolute atomic E-state index is 0.0506. The van der Waals surface area contributed by atoms with E-state index in [4.69, 9.17) is 10.5 Å². The molecule has 1 unspecified atom stereocenters. The van der Waals surface area contributed by atoms with Crippen molar-refractivity contribution in [2.75, 3.05) is 32.8 Å². The van der Waals surface area contributed by atoms with Crippen LogP contribution in [0.1, 0.15) is 6.42 Å². The van der Waals surface area contributed by atoms with E-state index in [0.717, 1.165) is 32.4 Å². The molecule has 0 amide bonds. The van der Waals surface area contributed by atoms with Gasteiger partial charge in [-0.25, -0.2) is 0 Å². The van der Waals surface area contributed by atoms with E-state index in [1.54, 1.807) is 0 Å². The first kappa shape index (κ1) is 9.64. The number of nitrogens with zero attached hydrogens (tertiary/aromatic N) is 1. The van der Waals surface area contributed by atoms with Crippen molar-refractivity contribution in [3.8, 4) is 0 Å². The normalized spacial score (nSPS) is 25.6. The highest BCUT2D eigenvalue weighted by Crippen LogP contribution is 2.04. The van der Waals surface area contributed by atoms with E-state index in [9.17, 15) is 4.79 Å². The lowest BCUT2D eigenvalue weighted by atomic mass is 10.2. The molecule has 0 aromatic rings. The summed E-state index contributed by atoms with van der Waals surface area (Å²) < 4.78 is 5.18. The van der Waals surface area contributed by atoms with Crippen molar-refractivity contribution in [3.63, 3.8) is 0 Å². The van der Waals surface area contributed by atoms with E-state index in [1.807, 2.05) is 0 Å². The Bertz CT molecular complexity index is 141. The van der Waals surface area contributed by atoms with Crippen molar-refractivity contribution >= 4 is 6.29 Å². The van der Waals surface area contributed by atoms with Crippen LogP contribution in [0.3, 0.4) is 0 Å². The van der Waals surface area contributed by atoms with Gasteiger partial charge in [0.25, 0.3) is 0 Å². The summed E-state index contributed by atoms with van der Waals surface area (Å²) >= 11 is 0. The molecule has 4 nitrogen and oxygen atoms in total. The third kappa shape index (κ3) is 2.55. The summed E-state index contributed by atoms with van der Waals surface area (Å²) in [5.74, 6) is 0. The van der Waals surface area contributed by atoms with Gasteiger partial charge in [0.2, 0.25) is 0 Å². The van der Waals surface area contributed by atoms with Crippen LogP contribution in [0.15, 0.2) is 0 Å². The van der Waals surface area contributed by atoms with Crippen molar-refractivity contribution in [2.24, 2.45) is 5.73 Å². The Morgan fingerprint density at radius 3 is 3.17 bits per heavy atom. The number of morpholine rings is 1. The molecule has 0 bridgehead atoms. The molecule has 0 aromatic carbocycles. The van der Waals surface area contributed by atoms with Gasteiger partial charge in [-0.3, -0.25) is 4.90 Å². The monoisotopic (exact) mass is 172 g/mol. The first-order valence-corrected chi connectivity index (χ1v) is 4.35. The molecule has 1 heterocycles.